The number of nitro benzene ring substituents is 1. The van der Waals surface area contributed by atoms with Gasteiger partial charge in [-0.2, -0.15) is 0 Å². The Labute approximate surface area is 174 Å². The van der Waals surface area contributed by atoms with E-state index in [1.165, 1.54) is 12.1 Å². The van der Waals surface area contributed by atoms with Crippen LogP contribution in [0.3, 0.4) is 0 Å². The molecule has 0 atom stereocenters. The fourth-order valence-electron chi connectivity index (χ4n) is 3.03. The van der Waals surface area contributed by atoms with Crippen LogP contribution in [0.2, 0.25) is 0 Å². The molecule has 1 aliphatic heterocycles. The summed E-state index contributed by atoms with van der Waals surface area (Å²) in [6, 6.07) is 3.55. The Morgan fingerprint density at radius 2 is 1.63 bits per heavy atom. The highest BCUT2D eigenvalue weighted by molar-refractivity contribution is 6.21. The van der Waals surface area contributed by atoms with Crippen molar-refractivity contribution in [2.24, 2.45) is 5.41 Å². The Morgan fingerprint density at radius 1 is 1.03 bits per heavy atom. The number of carbonyl (C=O) groups excluding carboxylic acids is 4. The van der Waals surface area contributed by atoms with Crippen LogP contribution < -0.4 is 10.6 Å². The van der Waals surface area contributed by atoms with Crippen molar-refractivity contribution in [3.05, 3.63) is 39.4 Å². The highest BCUT2D eigenvalue weighted by atomic mass is 16.6. The molecule has 1 aromatic carbocycles. The van der Waals surface area contributed by atoms with Crippen molar-refractivity contribution < 1.29 is 24.1 Å². The quantitative estimate of drug-likeness (QED) is 0.270. The van der Waals surface area contributed by atoms with E-state index in [0.29, 0.717) is 13.0 Å². The normalized spacial score (nSPS) is 13.2. The molecule has 0 bridgehead atoms. The molecule has 2 N–H and O–H groups in total. The van der Waals surface area contributed by atoms with Gasteiger partial charge in [0.2, 0.25) is 11.8 Å². The number of benzene rings is 1. The Bertz CT molecular complexity index is 875. The first kappa shape index (κ1) is 23.0. The van der Waals surface area contributed by atoms with Gasteiger partial charge in [-0.05, 0) is 17.9 Å². The van der Waals surface area contributed by atoms with Gasteiger partial charge in [-0.3, -0.25) is 34.2 Å². The minimum absolute atomic E-state index is 0.00431. The fourth-order valence-corrected chi connectivity index (χ4v) is 3.03. The molecule has 1 aliphatic rings. The molecular weight excluding hydrogens is 392 g/mol. The average molecular weight is 418 g/mol. The summed E-state index contributed by atoms with van der Waals surface area (Å²) in [5.74, 6) is -1.46. The first-order chi connectivity index (χ1) is 14.0. The molecular formula is C20H26N4O6. The van der Waals surface area contributed by atoms with E-state index in [1.807, 2.05) is 20.8 Å². The summed E-state index contributed by atoms with van der Waals surface area (Å²) in [4.78, 5) is 59.5. The molecule has 0 saturated heterocycles. The lowest BCUT2D eigenvalue weighted by molar-refractivity contribution is -0.384. The van der Waals surface area contributed by atoms with Crippen molar-refractivity contribution in [3.63, 3.8) is 0 Å². The Hall–Kier alpha value is -3.30. The lowest BCUT2D eigenvalue weighted by Gasteiger charge is -2.17. The van der Waals surface area contributed by atoms with Crippen LogP contribution in [-0.2, 0) is 9.59 Å². The standard InChI is InChI=1S/C20H26N4O6/c1-20(2,3)12-17(26)22-9-8-21-16(25)5-4-10-23-18(27)14-7-6-13(24(29)30)11-15(14)19(23)28/h6-7,11H,4-5,8-10,12H2,1-3H3,(H,21,25)(H,22,26). The zero-order chi connectivity index (χ0) is 22.5. The maximum Gasteiger partial charge on any atom is 0.270 e. The van der Waals surface area contributed by atoms with E-state index in [9.17, 15) is 29.3 Å². The number of hydrogen-bond donors (Lipinski definition) is 2. The summed E-state index contributed by atoms with van der Waals surface area (Å²) < 4.78 is 0. The molecule has 0 saturated carbocycles. The number of hydrogen-bond acceptors (Lipinski definition) is 6. The van der Waals surface area contributed by atoms with E-state index >= 15 is 0 Å². The van der Waals surface area contributed by atoms with Gasteiger partial charge in [0.25, 0.3) is 17.5 Å². The molecule has 2 rings (SSSR count). The number of imide groups is 1. The van der Waals surface area contributed by atoms with Gasteiger partial charge in [0.1, 0.15) is 0 Å². The van der Waals surface area contributed by atoms with Crippen molar-refractivity contribution in [2.45, 2.75) is 40.0 Å². The van der Waals surface area contributed by atoms with Gasteiger partial charge in [-0.15, -0.1) is 0 Å². The summed E-state index contributed by atoms with van der Waals surface area (Å²) in [6.07, 6.45) is 0.754. The monoisotopic (exact) mass is 418 g/mol. The summed E-state index contributed by atoms with van der Waals surface area (Å²) in [7, 11) is 0. The van der Waals surface area contributed by atoms with Crippen LogP contribution in [0.4, 0.5) is 5.69 Å². The molecule has 1 aromatic rings. The largest absolute Gasteiger partial charge is 0.354 e. The van der Waals surface area contributed by atoms with Gasteiger partial charge in [-0.1, -0.05) is 20.8 Å². The van der Waals surface area contributed by atoms with Crippen LogP contribution in [0.25, 0.3) is 0 Å². The lowest BCUT2D eigenvalue weighted by atomic mass is 9.92. The molecule has 10 heteroatoms. The van der Waals surface area contributed by atoms with Gasteiger partial charge >= 0.3 is 0 Å². The second-order valence-corrected chi connectivity index (χ2v) is 8.29. The van der Waals surface area contributed by atoms with Crippen LogP contribution in [0.5, 0.6) is 0 Å². The smallest absolute Gasteiger partial charge is 0.270 e. The van der Waals surface area contributed by atoms with Crippen LogP contribution in [0.1, 0.15) is 60.7 Å². The summed E-state index contributed by atoms with van der Waals surface area (Å²) in [5.41, 5.74) is -0.237. The third-order valence-electron chi connectivity index (χ3n) is 4.41. The van der Waals surface area contributed by atoms with E-state index in [4.69, 9.17) is 0 Å². The first-order valence-corrected chi connectivity index (χ1v) is 9.67. The van der Waals surface area contributed by atoms with E-state index in [-0.39, 0.29) is 60.0 Å². The maximum atomic E-state index is 12.4. The second-order valence-electron chi connectivity index (χ2n) is 8.29. The topological polar surface area (TPSA) is 139 Å². The Kier molecular flexibility index (Phi) is 7.25. The first-order valence-electron chi connectivity index (χ1n) is 9.67. The predicted molar refractivity (Wildman–Crippen MR) is 108 cm³/mol. The minimum atomic E-state index is -0.628. The number of rotatable bonds is 9. The van der Waals surface area contributed by atoms with Crippen molar-refractivity contribution in [2.75, 3.05) is 19.6 Å². The van der Waals surface area contributed by atoms with Crippen molar-refractivity contribution in [3.8, 4) is 0 Å². The molecule has 10 nitrogen and oxygen atoms in total. The Morgan fingerprint density at radius 3 is 2.23 bits per heavy atom. The number of fused-ring (bicyclic) bond motifs is 1. The second kappa shape index (κ2) is 9.47. The van der Waals surface area contributed by atoms with Gasteiger partial charge < -0.3 is 10.6 Å². The van der Waals surface area contributed by atoms with Gasteiger partial charge in [-0.25, -0.2) is 0 Å². The van der Waals surface area contributed by atoms with Crippen molar-refractivity contribution >= 4 is 29.3 Å². The van der Waals surface area contributed by atoms with E-state index in [1.54, 1.807) is 0 Å². The third kappa shape index (κ3) is 6.10. The number of nitrogens with zero attached hydrogens (tertiary/aromatic N) is 2. The van der Waals surface area contributed by atoms with Crippen LogP contribution >= 0.6 is 0 Å². The van der Waals surface area contributed by atoms with Crippen LogP contribution in [0, 0.1) is 15.5 Å². The van der Waals surface area contributed by atoms with Crippen molar-refractivity contribution in [1.82, 2.24) is 15.5 Å². The Balaban J connectivity index is 1.73. The number of carbonyl (C=O) groups is 4. The highest BCUT2D eigenvalue weighted by Crippen LogP contribution is 2.27. The van der Waals surface area contributed by atoms with Gasteiger partial charge in [0.15, 0.2) is 0 Å². The fraction of sp³-hybridized carbons (Fsp3) is 0.500. The molecule has 0 unspecified atom stereocenters. The van der Waals surface area contributed by atoms with Crippen molar-refractivity contribution in [1.29, 1.82) is 0 Å². The predicted octanol–water partition coefficient (Wildman–Crippen LogP) is 1.64. The molecule has 0 radical (unpaired) electrons. The minimum Gasteiger partial charge on any atom is -0.354 e. The highest BCUT2D eigenvalue weighted by Gasteiger charge is 2.36. The average Bonchev–Trinajstić information content (AvgIpc) is 2.88. The molecule has 4 amide bonds. The maximum absolute atomic E-state index is 12.4. The molecule has 0 aromatic heterocycles. The molecule has 30 heavy (non-hydrogen) atoms. The van der Waals surface area contributed by atoms with Crippen LogP contribution in [-0.4, -0.2) is 53.1 Å². The summed E-state index contributed by atoms with van der Waals surface area (Å²) in [6.45, 7) is 6.52. The van der Waals surface area contributed by atoms with Gasteiger partial charge in [0, 0.05) is 44.6 Å². The molecule has 162 valence electrons. The molecule has 0 spiro atoms. The molecule has 1 heterocycles. The molecule has 0 aliphatic carbocycles. The summed E-state index contributed by atoms with van der Waals surface area (Å²) in [5, 5.41) is 16.3. The van der Waals surface area contributed by atoms with Crippen LogP contribution in [0.15, 0.2) is 18.2 Å². The lowest BCUT2D eigenvalue weighted by Crippen LogP contribution is -2.36. The molecule has 0 fully saturated rings. The SMILES string of the molecule is CC(C)(C)CC(=O)NCCNC(=O)CCCN1C(=O)c2ccc([N+](=O)[O-])cc2C1=O. The zero-order valence-corrected chi connectivity index (χ0v) is 17.3. The van der Waals surface area contributed by atoms with E-state index in [0.717, 1.165) is 11.0 Å². The zero-order valence-electron chi connectivity index (χ0n) is 17.3. The van der Waals surface area contributed by atoms with E-state index in [2.05, 4.69) is 10.6 Å². The van der Waals surface area contributed by atoms with Gasteiger partial charge in [0.05, 0.1) is 16.1 Å². The summed E-state index contributed by atoms with van der Waals surface area (Å²) >= 11 is 0. The number of nitrogens with one attached hydrogen (secondary N) is 2. The number of nitro groups is 1. The third-order valence-corrected chi connectivity index (χ3v) is 4.41. The van der Waals surface area contributed by atoms with E-state index < -0.39 is 16.7 Å². The number of non-ortho nitro benzene ring substituents is 1. The number of amides is 4.